The minimum Gasteiger partial charge on any atom is -0.307 e. The molecule has 3 aromatic rings. The highest BCUT2D eigenvalue weighted by molar-refractivity contribution is 5.55. The first kappa shape index (κ1) is 19.5. The van der Waals surface area contributed by atoms with E-state index in [1.807, 2.05) is 24.3 Å². The second-order valence-corrected chi connectivity index (χ2v) is 7.54. The Kier molecular flexibility index (Phi) is 5.53. The summed E-state index contributed by atoms with van der Waals surface area (Å²) in [5.41, 5.74) is 3.47. The molecule has 4 rings (SSSR count). The van der Waals surface area contributed by atoms with Crippen LogP contribution in [0.1, 0.15) is 47.7 Å². The van der Waals surface area contributed by atoms with Crippen LogP contribution in [0.2, 0.25) is 0 Å². The SMILES string of the molecule is CN(Cc1ccc(-c2nc(C(F)F)cc(=O)[nH]2)cc1)C1CCCc2ccccc21. The summed E-state index contributed by atoms with van der Waals surface area (Å²) in [5, 5.41) is 0. The number of benzene rings is 2. The average Bonchev–Trinajstić information content (AvgIpc) is 2.73. The van der Waals surface area contributed by atoms with Gasteiger partial charge in [-0.1, -0.05) is 48.5 Å². The zero-order valence-electron chi connectivity index (χ0n) is 16.2. The lowest BCUT2D eigenvalue weighted by atomic mass is 9.87. The molecule has 6 heteroatoms. The first-order valence-corrected chi connectivity index (χ1v) is 9.78. The van der Waals surface area contributed by atoms with E-state index < -0.39 is 17.7 Å². The lowest BCUT2D eigenvalue weighted by Crippen LogP contribution is -2.27. The third kappa shape index (κ3) is 4.27. The van der Waals surface area contributed by atoms with E-state index in [4.69, 9.17) is 0 Å². The first-order valence-electron chi connectivity index (χ1n) is 9.78. The molecule has 1 aliphatic carbocycles. The zero-order valence-corrected chi connectivity index (χ0v) is 16.2. The maximum absolute atomic E-state index is 12.9. The van der Waals surface area contributed by atoms with Crippen LogP contribution in [0, 0.1) is 0 Å². The van der Waals surface area contributed by atoms with Gasteiger partial charge >= 0.3 is 0 Å². The van der Waals surface area contributed by atoms with Crippen molar-refractivity contribution < 1.29 is 8.78 Å². The first-order chi connectivity index (χ1) is 14.0. The van der Waals surface area contributed by atoms with Crippen molar-refractivity contribution in [2.45, 2.75) is 38.3 Å². The molecule has 1 aromatic heterocycles. The number of nitrogens with one attached hydrogen (secondary N) is 1. The van der Waals surface area contributed by atoms with E-state index in [9.17, 15) is 13.6 Å². The molecule has 0 aliphatic heterocycles. The van der Waals surface area contributed by atoms with Gasteiger partial charge in [0.15, 0.2) is 0 Å². The fraction of sp³-hybridized carbons (Fsp3) is 0.304. The van der Waals surface area contributed by atoms with E-state index >= 15 is 0 Å². The maximum atomic E-state index is 12.9. The van der Waals surface area contributed by atoms with Crippen LogP contribution >= 0.6 is 0 Å². The number of rotatable bonds is 5. The van der Waals surface area contributed by atoms with Gasteiger partial charge in [0, 0.05) is 24.2 Å². The molecule has 1 aliphatic rings. The second kappa shape index (κ2) is 8.25. The molecule has 0 saturated heterocycles. The summed E-state index contributed by atoms with van der Waals surface area (Å²) in [7, 11) is 2.13. The molecular weight excluding hydrogens is 372 g/mol. The summed E-state index contributed by atoms with van der Waals surface area (Å²) < 4.78 is 25.8. The minimum atomic E-state index is -2.78. The Balaban J connectivity index is 1.52. The molecule has 29 heavy (non-hydrogen) atoms. The van der Waals surface area contributed by atoms with Crippen LogP contribution in [-0.2, 0) is 13.0 Å². The lowest BCUT2D eigenvalue weighted by molar-refractivity contribution is 0.146. The van der Waals surface area contributed by atoms with Crippen molar-refractivity contribution in [1.29, 1.82) is 0 Å². The summed E-state index contributed by atoms with van der Waals surface area (Å²) in [6.07, 6.45) is 0.682. The molecule has 1 unspecified atom stereocenters. The maximum Gasteiger partial charge on any atom is 0.280 e. The molecule has 0 saturated carbocycles. The molecule has 0 amide bonds. The van der Waals surface area contributed by atoms with Crippen molar-refractivity contribution in [2.75, 3.05) is 7.05 Å². The summed E-state index contributed by atoms with van der Waals surface area (Å²) in [4.78, 5) is 20.4. The van der Waals surface area contributed by atoms with Crippen molar-refractivity contribution in [2.24, 2.45) is 0 Å². The number of alkyl halides is 2. The Morgan fingerprint density at radius 2 is 1.93 bits per heavy atom. The Labute approximate surface area is 168 Å². The van der Waals surface area contributed by atoms with Crippen LogP contribution in [0.25, 0.3) is 11.4 Å². The van der Waals surface area contributed by atoms with Gasteiger partial charge in [-0.2, -0.15) is 0 Å². The van der Waals surface area contributed by atoms with Gasteiger partial charge in [-0.15, -0.1) is 0 Å². The Morgan fingerprint density at radius 3 is 2.69 bits per heavy atom. The normalized spacial score (nSPS) is 16.2. The summed E-state index contributed by atoms with van der Waals surface area (Å²) in [6, 6.07) is 17.4. The smallest absolute Gasteiger partial charge is 0.280 e. The van der Waals surface area contributed by atoms with Crippen LogP contribution in [0.5, 0.6) is 0 Å². The van der Waals surface area contributed by atoms with E-state index in [-0.39, 0.29) is 5.82 Å². The quantitative estimate of drug-likeness (QED) is 0.670. The third-order valence-corrected chi connectivity index (χ3v) is 5.51. The second-order valence-electron chi connectivity index (χ2n) is 7.54. The molecule has 0 radical (unpaired) electrons. The number of hydrogen-bond acceptors (Lipinski definition) is 3. The Hall–Kier alpha value is -2.86. The molecule has 4 nitrogen and oxygen atoms in total. The van der Waals surface area contributed by atoms with Gasteiger partial charge < -0.3 is 4.98 Å². The Morgan fingerprint density at radius 1 is 1.17 bits per heavy atom. The van der Waals surface area contributed by atoms with Crippen molar-refractivity contribution >= 4 is 0 Å². The standard InChI is InChI=1S/C23H23F2N3O/c1-28(20-8-4-6-16-5-2-3-7-18(16)20)14-15-9-11-17(12-10-15)23-26-19(22(24)25)13-21(29)27-23/h2-3,5,7,9-13,20,22H,4,6,8,14H2,1H3,(H,26,27,29). The van der Waals surface area contributed by atoms with Gasteiger partial charge in [-0.3, -0.25) is 9.69 Å². The van der Waals surface area contributed by atoms with Crippen LogP contribution in [-0.4, -0.2) is 21.9 Å². The van der Waals surface area contributed by atoms with E-state index in [1.165, 1.54) is 17.5 Å². The average molecular weight is 395 g/mol. The topological polar surface area (TPSA) is 49.0 Å². The molecule has 150 valence electrons. The van der Waals surface area contributed by atoms with Gasteiger partial charge in [0.25, 0.3) is 12.0 Å². The van der Waals surface area contributed by atoms with Crippen LogP contribution in [0.15, 0.2) is 59.4 Å². The number of aryl methyl sites for hydroxylation is 1. The number of fused-ring (bicyclic) bond motifs is 1. The van der Waals surface area contributed by atoms with E-state index in [2.05, 4.69) is 46.2 Å². The van der Waals surface area contributed by atoms with Gasteiger partial charge in [-0.05, 0) is 43.0 Å². The van der Waals surface area contributed by atoms with Crippen molar-refractivity contribution in [3.63, 3.8) is 0 Å². The van der Waals surface area contributed by atoms with Crippen molar-refractivity contribution in [3.8, 4) is 11.4 Å². The number of halogens is 2. The summed E-state index contributed by atoms with van der Waals surface area (Å²) in [5.74, 6) is 0.161. The Bertz CT molecular complexity index is 1050. The van der Waals surface area contributed by atoms with Gasteiger partial charge in [0.1, 0.15) is 11.5 Å². The van der Waals surface area contributed by atoms with Crippen LogP contribution in [0.4, 0.5) is 8.78 Å². The molecule has 0 fully saturated rings. The molecule has 0 bridgehead atoms. The summed E-state index contributed by atoms with van der Waals surface area (Å²) >= 11 is 0. The molecular formula is C23H23F2N3O. The summed E-state index contributed by atoms with van der Waals surface area (Å²) in [6.45, 7) is 0.778. The van der Waals surface area contributed by atoms with Gasteiger partial charge in [-0.25, -0.2) is 13.8 Å². The number of H-pyrrole nitrogens is 1. The van der Waals surface area contributed by atoms with E-state index in [0.29, 0.717) is 11.6 Å². The zero-order chi connectivity index (χ0) is 20.4. The third-order valence-electron chi connectivity index (χ3n) is 5.51. The van der Waals surface area contributed by atoms with Gasteiger partial charge in [0.2, 0.25) is 0 Å². The van der Waals surface area contributed by atoms with E-state index in [1.54, 1.807) is 0 Å². The predicted octanol–water partition coefficient (Wildman–Crippen LogP) is 4.88. The number of hydrogen-bond donors (Lipinski definition) is 1. The highest BCUT2D eigenvalue weighted by Gasteiger charge is 2.23. The largest absolute Gasteiger partial charge is 0.307 e. The minimum absolute atomic E-state index is 0.161. The monoisotopic (exact) mass is 395 g/mol. The molecule has 0 spiro atoms. The van der Waals surface area contributed by atoms with Gasteiger partial charge in [0.05, 0.1) is 0 Å². The molecule has 1 atom stereocenters. The number of aromatic nitrogens is 2. The highest BCUT2D eigenvalue weighted by Crippen LogP contribution is 2.34. The highest BCUT2D eigenvalue weighted by atomic mass is 19.3. The number of aromatic amines is 1. The van der Waals surface area contributed by atoms with Crippen molar-refractivity contribution in [3.05, 3.63) is 87.3 Å². The fourth-order valence-electron chi connectivity index (χ4n) is 4.08. The number of nitrogens with zero attached hydrogens (tertiary/aromatic N) is 2. The van der Waals surface area contributed by atoms with Crippen LogP contribution < -0.4 is 5.56 Å². The van der Waals surface area contributed by atoms with Crippen molar-refractivity contribution in [1.82, 2.24) is 14.9 Å². The van der Waals surface area contributed by atoms with E-state index in [0.717, 1.165) is 31.0 Å². The van der Waals surface area contributed by atoms with Crippen LogP contribution in [0.3, 0.4) is 0 Å². The molecule has 1 N–H and O–H groups in total. The molecule has 2 aromatic carbocycles. The fourth-order valence-corrected chi connectivity index (χ4v) is 4.08. The predicted molar refractivity (Wildman–Crippen MR) is 109 cm³/mol. The molecule has 1 heterocycles. The lowest BCUT2D eigenvalue weighted by Gasteiger charge is -2.33.